The van der Waals surface area contributed by atoms with Gasteiger partial charge in [0.15, 0.2) is 0 Å². The van der Waals surface area contributed by atoms with Crippen molar-refractivity contribution in [3.05, 3.63) is 23.8 Å². The van der Waals surface area contributed by atoms with E-state index < -0.39 is 5.91 Å². The van der Waals surface area contributed by atoms with E-state index in [-0.39, 0.29) is 32.2 Å². The Bertz CT molecular complexity index is 428. The highest BCUT2D eigenvalue weighted by atomic mass is 16.9. The van der Waals surface area contributed by atoms with E-state index in [1.54, 1.807) is 25.2 Å². The van der Waals surface area contributed by atoms with Crippen LogP contribution in [0.1, 0.15) is 5.56 Å². The standard InChI is InChI=1S/C12H19N3O5/c1-14-10-6-9(2-3-11(10)16)7-20-15-19-5-4-18-8-12(13)17/h2-3,6,14-16H,4-5,7-8H2,1H3,(H2,13,17). The minimum Gasteiger partial charge on any atom is -0.506 e. The number of anilines is 1. The molecule has 0 aliphatic rings. The number of phenols is 1. The maximum absolute atomic E-state index is 10.4. The third kappa shape index (κ3) is 6.34. The molecule has 1 aromatic carbocycles. The molecule has 5 N–H and O–H groups in total. The van der Waals surface area contributed by atoms with Gasteiger partial charge in [0, 0.05) is 7.05 Å². The summed E-state index contributed by atoms with van der Waals surface area (Å²) in [5.41, 5.74) is 8.65. The second kappa shape index (κ2) is 9.10. The van der Waals surface area contributed by atoms with Gasteiger partial charge in [-0.1, -0.05) is 11.7 Å². The highest BCUT2D eigenvalue weighted by Crippen LogP contribution is 2.23. The number of carbonyl (C=O) groups excluding carboxylic acids is 1. The summed E-state index contributed by atoms with van der Waals surface area (Å²) in [6.07, 6.45) is 0. The SMILES string of the molecule is CNc1cc(CONOCCOCC(N)=O)ccc1O. The summed E-state index contributed by atoms with van der Waals surface area (Å²) < 4.78 is 4.87. The van der Waals surface area contributed by atoms with Crippen molar-refractivity contribution in [1.82, 2.24) is 5.64 Å². The quantitative estimate of drug-likeness (QED) is 0.269. The first kappa shape index (κ1) is 16.2. The molecule has 0 aliphatic heterocycles. The van der Waals surface area contributed by atoms with Crippen LogP contribution in [0.2, 0.25) is 0 Å². The fraction of sp³-hybridized carbons (Fsp3) is 0.417. The molecule has 8 nitrogen and oxygen atoms in total. The van der Waals surface area contributed by atoms with E-state index in [1.807, 2.05) is 0 Å². The fourth-order valence-corrected chi connectivity index (χ4v) is 1.34. The number of carbonyl (C=O) groups is 1. The summed E-state index contributed by atoms with van der Waals surface area (Å²) >= 11 is 0. The average Bonchev–Trinajstić information content (AvgIpc) is 2.43. The van der Waals surface area contributed by atoms with Gasteiger partial charge in [-0.3, -0.25) is 14.5 Å². The predicted molar refractivity (Wildman–Crippen MR) is 71.5 cm³/mol. The number of hydrogen-bond acceptors (Lipinski definition) is 7. The summed E-state index contributed by atoms with van der Waals surface area (Å²) in [4.78, 5) is 20.3. The molecule has 0 radical (unpaired) electrons. The molecule has 0 saturated carbocycles. The number of aromatic hydroxyl groups is 1. The number of nitrogens with one attached hydrogen (secondary N) is 2. The van der Waals surface area contributed by atoms with Gasteiger partial charge in [-0.15, -0.1) is 0 Å². The number of primary amides is 1. The van der Waals surface area contributed by atoms with E-state index in [0.717, 1.165) is 5.56 Å². The zero-order valence-corrected chi connectivity index (χ0v) is 11.2. The van der Waals surface area contributed by atoms with Crippen molar-refractivity contribution in [1.29, 1.82) is 0 Å². The van der Waals surface area contributed by atoms with Gasteiger partial charge in [-0.2, -0.15) is 0 Å². The van der Waals surface area contributed by atoms with Crippen molar-refractivity contribution < 1.29 is 24.3 Å². The maximum atomic E-state index is 10.4. The van der Waals surface area contributed by atoms with Gasteiger partial charge in [0.25, 0.3) is 0 Å². The van der Waals surface area contributed by atoms with Gasteiger partial charge in [-0.25, -0.2) is 0 Å². The molecule has 0 heterocycles. The number of hydrogen-bond donors (Lipinski definition) is 4. The average molecular weight is 285 g/mol. The Morgan fingerprint density at radius 1 is 1.35 bits per heavy atom. The molecule has 1 rings (SSSR count). The van der Waals surface area contributed by atoms with Gasteiger partial charge >= 0.3 is 0 Å². The molecular formula is C12H19N3O5. The van der Waals surface area contributed by atoms with Gasteiger partial charge < -0.3 is 20.9 Å². The Labute approximate surface area is 116 Å². The van der Waals surface area contributed by atoms with E-state index in [9.17, 15) is 9.90 Å². The molecule has 0 aliphatic carbocycles. The molecule has 1 aromatic rings. The van der Waals surface area contributed by atoms with Crippen LogP contribution >= 0.6 is 0 Å². The maximum Gasteiger partial charge on any atom is 0.243 e. The number of phenolic OH excluding ortho intramolecular Hbond substituents is 1. The third-order valence-electron chi connectivity index (χ3n) is 2.26. The highest BCUT2D eigenvalue weighted by Gasteiger charge is 2.01. The van der Waals surface area contributed by atoms with E-state index in [1.165, 1.54) is 0 Å². The fourth-order valence-electron chi connectivity index (χ4n) is 1.34. The number of nitrogens with two attached hydrogens (primary N) is 1. The third-order valence-corrected chi connectivity index (χ3v) is 2.26. The van der Waals surface area contributed by atoms with Crippen molar-refractivity contribution >= 4 is 11.6 Å². The first-order valence-electron chi connectivity index (χ1n) is 5.97. The first-order chi connectivity index (χ1) is 9.63. The van der Waals surface area contributed by atoms with E-state index >= 15 is 0 Å². The highest BCUT2D eigenvalue weighted by molar-refractivity contribution is 5.74. The smallest absolute Gasteiger partial charge is 0.243 e. The van der Waals surface area contributed by atoms with Crippen molar-refractivity contribution in [2.75, 3.05) is 32.2 Å². The number of benzene rings is 1. The molecule has 1 amide bonds. The summed E-state index contributed by atoms with van der Waals surface area (Å²) in [6, 6.07) is 5.06. The lowest BCUT2D eigenvalue weighted by Crippen LogP contribution is -2.22. The van der Waals surface area contributed by atoms with Crippen LogP contribution in [-0.2, 0) is 25.8 Å². The van der Waals surface area contributed by atoms with Crippen LogP contribution in [0, 0.1) is 0 Å². The minimum atomic E-state index is -0.526. The van der Waals surface area contributed by atoms with Crippen molar-refractivity contribution in [2.45, 2.75) is 6.61 Å². The summed E-state index contributed by atoms with van der Waals surface area (Å²) in [7, 11) is 1.72. The zero-order chi connectivity index (χ0) is 14.8. The lowest BCUT2D eigenvalue weighted by Gasteiger charge is -2.09. The molecule has 0 unspecified atom stereocenters. The molecule has 20 heavy (non-hydrogen) atoms. The Balaban J connectivity index is 2.11. The monoisotopic (exact) mass is 285 g/mol. The van der Waals surface area contributed by atoms with Crippen LogP contribution in [0.4, 0.5) is 5.69 Å². The van der Waals surface area contributed by atoms with Crippen molar-refractivity contribution in [3.63, 3.8) is 0 Å². The minimum absolute atomic E-state index is 0.134. The van der Waals surface area contributed by atoms with Crippen LogP contribution < -0.4 is 16.7 Å². The summed E-state index contributed by atoms with van der Waals surface area (Å²) in [5.74, 6) is -0.353. The topological polar surface area (TPSA) is 115 Å². The molecule has 0 bridgehead atoms. The van der Waals surface area contributed by atoms with Crippen molar-refractivity contribution in [2.24, 2.45) is 5.73 Å². The van der Waals surface area contributed by atoms with Gasteiger partial charge in [0.2, 0.25) is 5.91 Å². The normalized spacial score (nSPS) is 10.4. The zero-order valence-electron chi connectivity index (χ0n) is 11.2. The second-order valence-corrected chi connectivity index (χ2v) is 3.84. The largest absolute Gasteiger partial charge is 0.506 e. The Morgan fingerprint density at radius 2 is 2.15 bits per heavy atom. The number of ether oxygens (including phenoxy) is 1. The second-order valence-electron chi connectivity index (χ2n) is 3.84. The molecule has 0 spiro atoms. The van der Waals surface area contributed by atoms with Crippen LogP contribution in [0.5, 0.6) is 5.75 Å². The number of amides is 1. The first-order valence-corrected chi connectivity index (χ1v) is 5.97. The van der Waals surface area contributed by atoms with Crippen LogP contribution in [-0.4, -0.2) is 37.9 Å². The lowest BCUT2D eigenvalue weighted by molar-refractivity contribution is -0.184. The van der Waals surface area contributed by atoms with Crippen molar-refractivity contribution in [3.8, 4) is 5.75 Å². The lowest BCUT2D eigenvalue weighted by atomic mass is 10.2. The van der Waals surface area contributed by atoms with Crippen LogP contribution in [0.15, 0.2) is 18.2 Å². The summed E-state index contributed by atoms with van der Waals surface area (Å²) in [6.45, 7) is 0.564. The molecule has 112 valence electrons. The Kier molecular flexibility index (Phi) is 7.36. The molecule has 8 heteroatoms. The molecule has 0 fully saturated rings. The number of rotatable bonds is 10. The van der Waals surface area contributed by atoms with E-state index in [2.05, 4.69) is 11.0 Å². The van der Waals surface area contributed by atoms with Gasteiger partial charge in [0.05, 0.1) is 25.5 Å². The molecular weight excluding hydrogens is 266 g/mol. The van der Waals surface area contributed by atoms with Crippen LogP contribution in [0.25, 0.3) is 0 Å². The predicted octanol–water partition coefficient (Wildman–Crippen LogP) is -0.111. The van der Waals surface area contributed by atoms with E-state index in [0.29, 0.717) is 5.69 Å². The molecule has 0 saturated heterocycles. The Hall–Kier alpha value is -1.87. The Morgan fingerprint density at radius 3 is 2.85 bits per heavy atom. The van der Waals surface area contributed by atoms with Crippen LogP contribution in [0.3, 0.4) is 0 Å². The summed E-state index contributed by atoms with van der Waals surface area (Å²) in [5, 5.41) is 12.3. The molecule has 0 atom stereocenters. The van der Waals surface area contributed by atoms with E-state index in [4.69, 9.17) is 20.1 Å². The van der Waals surface area contributed by atoms with Gasteiger partial charge in [-0.05, 0) is 17.7 Å². The molecule has 0 aromatic heterocycles. The van der Waals surface area contributed by atoms with Gasteiger partial charge in [0.1, 0.15) is 12.4 Å².